The molecule has 2 nitrogen and oxygen atoms in total. The number of benzene rings is 2. The number of nitrogens with zero attached hydrogens (tertiary/aromatic N) is 2. The fourth-order valence-corrected chi connectivity index (χ4v) is 4.23. The lowest BCUT2D eigenvalue weighted by molar-refractivity contribution is 1.16. The Kier molecular flexibility index (Phi) is 2.31. The standard InChI is InChI=1S/C14H10N2S2/c1-3-7-12-10(5-1)15-14(18-12)16-9-17-13-8-4-2-6-11(13)16/h1-8H,9H2. The van der Waals surface area contributed by atoms with Gasteiger partial charge in [0.15, 0.2) is 5.13 Å². The Balaban J connectivity index is 1.85. The van der Waals surface area contributed by atoms with E-state index >= 15 is 0 Å². The van der Waals surface area contributed by atoms with Crippen molar-refractivity contribution in [1.82, 2.24) is 4.98 Å². The Bertz CT molecular complexity index is 687. The number of rotatable bonds is 1. The number of thiazole rings is 1. The van der Waals surface area contributed by atoms with E-state index in [2.05, 4.69) is 47.4 Å². The second-order valence-corrected chi connectivity index (χ2v) is 6.13. The molecule has 0 bridgehead atoms. The molecule has 88 valence electrons. The first-order valence-corrected chi connectivity index (χ1v) is 7.57. The smallest absolute Gasteiger partial charge is 0.191 e. The number of aromatic nitrogens is 1. The zero-order valence-corrected chi connectivity index (χ0v) is 11.2. The highest BCUT2D eigenvalue weighted by atomic mass is 32.2. The van der Waals surface area contributed by atoms with Crippen molar-refractivity contribution in [1.29, 1.82) is 0 Å². The summed E-state index contributed by atoms with van der Waals surface area (Å²) in [7, 11) is 0. The van der Waals surface area contributed by atoms with Crippen molar-refractivity contribution in [3.8, 4) is 0 Å². The summed E-state index contributed by atoms with van der Waals surface area (Å²) in [6.07, 6.45) is 0. The third-order valence-corrected chi connectivity index (χ3v) is 5.12. The van der Waals surface area contributed by atoms with Crippen LogP contribution in [-0.2, 0) is 0 Å². The summed E-state index contributed by atoms with van der Waals surface area (Å²) >= 11 is 3.63. The van der Waals surface area contributed by atoms with Crippen LogP contribution in [0.25, 0.3) is 10.2 Å². The molecule has 0 unspecified atom stereocenters. The molecule has 4 rings (SSSR count). The molecule has 0 radical (unpaired) electrons. The Morgan fingerprint density at radius 1 is 1.00 bits per heavy atom. The molecule has 0 N–H and O–H groups in total. The van der Waals surface area contributed by atoms with Crippen LogP contribution in [0.1, 0.15) is 0 Å². The molecular formula is C14H10N2S2. The van der Waals surface area contributed by atoms with E-state index in [4.69, 9.17) is 4.98 Å². The molecule has 4 heteroatoms. The fraction of sp³-hybridized carbons (Fsp3) is 0.0714. The van der Waals surface area contributed by atoms with Gasteiger partial charge in [-0.2, -0.15) is 0 Å². The van der Waals surface area contributed by atoms with Crippen LogP contribution in [-0.4, -0.2) is 10.9 Å². The van der Waals surface area contributed by atoms with Gasteiger partial charge in [-0.05, 0) is 24.3 Å². The lowest BCUT2D eigenvalue weighted by Gasteiger charge is -2.13. The van der Waals surface area contributed by atoms with Crippen molar-refractivity contribution < 1.29 is 0 Å². The van der Waals surface area contributed by atoms with Gasteiger partial charge in [-0.3, -0.25) is 0 Å². The molecule has 18 heavy (non-hydrogen) atoms. The Morgan fingerprint density at radius 3 is 2.78 bits per heavy atom. The van der Waals surface area contributed by atoms with Gasteiger partial charge in [-0.15, -0.1) is 11.8 Å². The second-order valence-electron chi connectivity index (χ2n) is 4.13. The third kappa shape index (κ3) is 1.53. The van der Waals surface area contributed by atoms with Crippen molar-refractivity contribution >= 4 is 44.1 Å². The average molecular weight is 270 g/mol. The van der Waals surface area contributed by atoms with Gasteiger partial charge in [0.2, 0.25) is 0 Å². The van der Waals surface area contributed by atoms with Crippen LogP contribution in [0.5, 0.6) is 0 Å². The zero-order valence-electron chi connectivity index (χ0n) is 9.54. The molecule has 2 aromatic carbocycles. The molecule has 0 saturated carbocycles. The first-order chi connectivity index (χ1) is 8.92. The van der Waals surface area contributed by atoms with E-state index in [-0.39, 0.29) is 0 Å². The second kappa shape index (κ2) is 4.00. The number of para-hydroxylation sites is 2. The highest BCUT2D eigenvalue weighted by molar-refractivity contribution is 7.99. The van der Waals surface area contributed by atoms with Gasteiger partial charge in [0, 0.05) is 4.90 Å². The van der Waals surface area contributed by atoms with Gasteiger partial charge in [0.1, 0.15) is 0 Å². The molecule has 1 aliphatic heterocycles. The molecule has 1 aliphatic rings. The van der Waals surface area contributed by atoms with Gasteiger partial charge in [0.25, 0.3) is 0 Å². The topological polar surface area (TPSA) is 16.1 Å². The lowest BCUT2D eigenvalue weighted by Crippen LogP contribution is -2.10. The largest absolute Gasteiger partial charge is 0.307 e. The predicted molar refractivity (Wildman–Crippen MR) is 78.9 cm³/mol. The summed E-state index contributed by atoms with van der Waals surface area (Å²) < 4.78 is 1.25. The van der Waals surface area contributed by atoms with Crippen LogP contribution < -0.4 is 4.90 Å². The Hall–Kier alpha value is -1.52. The minimum absolute atomic E-state index is 0.958. The summed E-state index contributed by atoms with van der Waals surface area (Å²) in [6, 6.07) is 16.8. The molecule has 1 aromatic heterocycles. The first-order valence-electron chi connectivity index (χ1n) is 5.77. The van der Waals surface area contributed by atoms with E-state index in [0.717, 1.165) is 16.5 Å². The van der Waals surface area contributed by atoms with E-state index in [9.17, 15) is 0 Å². The molecule has 2 heterocycles. The van der Waals surface area contributed by atoms with Crippen molar-refractivity contribution in [3.63, 3.8) is 0 Å². The summed E-state index contributed by atoms with van der Waals surface area (Å²) in [5.41, 5.74) is 2.37. The third-order valence-electron chi connectivity index (χ3n) is 3.02. The van der Waals surface area contributed by atoms with Gasteiger partial charge >= 0.3 is 0 Å². The van der Waals surface area contributed by atoms with Crippen molar-refractivity contribution in [2.75, 3.05) is 10.8 Å². The number of anilines is 2. The average Bonchev–Trinajstić information content (AvgIpc) is 3.02. The minimum Gasteiger partial charge on any atom is -0.307 e. The number of thioether (sulfide) groups is 1. The Labute approximate surface area is 113 Å². The van der Waals surface area contributed by atoms with Crippen molar-refractivity contribution in [2.24, 2.45) is 0 Å². The molecule has 0 aliphatic carbocycles. The lowest BCUT2D eigenvalue weighted by atomic mass is 10.3. The van der Waals surface area contributed by atoms with Gasteiger partial charge in [-0.1, -0.05) is 35.6 Å². The Morgan fingerprint density at radius 2 is 1.83 bits per heavy atom. The minimum atomic E-state index is 0.958. The van der Waals surface area contributed by atoms with Crippen LogP contribution in [0, 0.1) is 0 Å². The van der Waals surface area contributed by atoms with Crippen LogP contribution >= 0.6 is 23.1 Å². The van der Waals surface area contributed by atoms with E-state index in [1.165, 1.54) is 15.3 Å². The van der Waals surface area contributed by atoms with Gasteiger partial charge < -0.3 is 4.90 Å². The number of hydrogen-bond acceptors (Lipinski definition) is 4. The maximum atomic E-state index is 4.72. The van der Waals surface area contributed by atoms with Gasteiger partial charge in [-0.25, -0.2) is 4.98 Å². The highest BCUT2D eigenvalue weighted by Gasteiger charge is 2.22. The van der Waals surface area contributed by atoms with Crippen LogP contribution in [0.2, 0.25) is 0 Å². The molecule has 0 spiro atoms. The van der Waals surface area contributed by atoms with Gasteiger partial charge in [0.05, 0.1) is 21.8 Å². The normalized spacial score (nSPS) is 14.1. The summed E-state index contributed by atoms with van der Waals surface area (Å²) in [4.78, 5) is 8.37. The molecule has 0 atom stereocenters. The van der Waals surface area contributed by atoms with Crippen LogP contribution in [0.3, 0.4) is 0 Å². The van der Waals surface area contributed by atoms with Crippen molar-refractivity contribution in [3.05, 3.63) is 48.5 Å². The quantitative estimate of drug-likeness (QED) is 0.648. The molecule has 0 fully saturated rings. The van der Waals surface area contributed by atoms with E-state index in [1.54, 1.807) is 11.3 Å². The summed E-state index contributed by atoms with van der Waals surface area (Å²) in [5, 5.41) is 1.09. The zero-order chi connectivity index (χ0) is 11.9. The molecular weight excluding hydrogens is 260 g/mol. The first kappa shape index (κ1) is 10.4. The fourth-order valence-electron chi connectivity index (χ4n) is 2.14. The summed E-state index contributed by atoms with van der Waals surface area (Å²) in [5.74, 6) is 0.958. The van der Waals surface area contributed by atoms with Crippen molar-refractivity contribution in [2.45, 2.75) is 4.90 Å². The summed E-state index contributed by atoms with van der Waals surface area (Å²) in [6.45, 7) is 0. The maximum absolute atomic E-state index is 4.72. The van der Waals surface area contributed by atoms with Crippen LogP contribution in [0.15, 0.2) is 53.4 Å². The highest BCUT2D eigenvalue weighted by Crippen LogP contribution is 2.44. The van der Waals surface area contributed by atoms with E-state index < -0.39 is 0 Å². The van der Waals surface area contributed by atoms with Crippen LogP contribution in [0.4, 0.5) is 10.8 Å². The SMILES string of the molecule is c1ccc2c(c1)SCN2c1nc2ccccc2s1. The molecule has 0 saturated heterocycles. The van der Waals surface area contributed by atoms with E-state index in [0.29, 0.717) is 0 Å². The monoisotopic (exact) mass is 270 g/mol. The molecule has 3 aromatic rings. The number of fused-ring (bicyclic) bond motifs is 2. The maximum Gasteiger partial charge on any atom is 0.191 e. The number of hydrogen-bond donors (Lipinski definition) is 0. The van der Waals surface area contributed by atoms with E-state index in [1.807, 2.05) is 17.8 Å². The molecule has 0 amide bonds. The predicted octanol–water partition coefficient (Wildman–Crippen LogP) is 4.50.